The summed E-state index contributed by atoms with van der Waals surface area (Å²) < 4.78 is 3.22. The van der Waals surface area contributed by atoms with E-state index in [2.05, 4.69) is 62.0 Å². The fourth-order valence-corrected chi connectivity index (χ4v) is 3.72. The molecule has 4 nitrogen and oxygen atoms in total. The van der Waals surface area contributed by atoms with Crippen LogP contribution >= 0.6 is 15.9 Å². The summed E-state index contributed by atoms with van der Waals surface area (Å²) in [5.41, 5.74) is 2.29. The molecule has 22 heavy (non-hydrogen) atoms. The minimum Gasteiger partial charge on any atom is -0.322 e. The van der Waals surface area contributed by atoms with E-state index in [0.29, 0.717) is 6.04 Å². The molecule has 1 aliphatic heterocycles. The molecule has 0 spiro atoms. The number of imidazole rings is 1. The van der Waals surface area contributed by atoms with E-state index in [1.54, 1.807) is 0 Å². The highest BCUT2D eigenvalue weighted by Gasteiger charge is 2.28. The fourth-order valence-electron chi connectivity index (χ4n) is 3.20. The number of likely N-dealkylation sites (N-methyl/N-ethyl adjacent to an activating group) is 1. The lowest BCUT2D eigenvalue weighted by molar-refractivity contribution is 0.237. The first kappa shape index (κ1) is 15.7. The van der Waals surface area contributed by atoms with Crippen molar-refractivity contribution in [2.75, 3.05) is 26.7 Å². The van der Waals surface area contributed by atoms with Crippen molar-refractivity contribution in [3.8, 4) is 11.4 Å². The number of hydrogen-bond donors (Lipinski definition) is 1. The van der Waals surface area contributed by atoms with E-state index in [1.165, 1.54) is 12.8 Å². The highest BCUT2D eigenvalue weighted by molar-refractivity contribution is 9.10. The summed E-state index contributed by atoms with van der Waals surface area (Å²) in [6, 6.07) is 10.7. The van der Waals surface area contributed by atoms with Gasteiger partial charge in [0, 0.05) is 19.2 Å². The van der Waals surface area contributed by atoms with Crippen LogP contribution in [0.1, 0.15) is 24.6 Å². The third-order valence-electron chi connectivity index (χ3n) is 4.38. The molecule has 1 aromatic heterocycles. The minimum absolute atomic E-state index is 0.325. The summed E-state index contributed by atoms with van der Waals surface area (Å²) in [5, 5.41) is 3.33. The van der Waals surface area contributed by atoms with Gasteiger partial charge in [-0.25, -0.2) is 4.98 Å². The van der Waals surface area contributed by atoms with Gasteiger partial charge in [-0.3, -0.25) is 4.90 Å². The second-order valence-corrected chi connectivity index (χ2v) is 6.60. The van der Waals surface area contributed by atoms with Gasteiger partial charge in [-0.05, 0) is 48.9 Å². The quantitative estimate of drug-likeness (QED) is 0.886. The number of aromatic nitrogens is 2. The number of rotatable bonds is 5. The van der Waals surface area contributed by atoms with Crippen LogP contribution in [0.25, 0.3) is 11.4 Å². The molecule has 1 N–H and O–H groups in total. The third-order valence-corrected chi connectivity index (χ3v) is 5.31. The Hall–Kier alpha value is -1.17. The van der Waals surface area contributed by atoms with Gasteiger partial charge in [-0.2, -0.15) is 0 Å². The lowest BCUT2D eigenvalue weighted by atomic mass is 10.2. The van der Waals surface area contributed by atoms with Crippen molar-refractivity contribution >= 4 is 15.9 Å². The van der Waals surface area contributed by atoms with Crippen LogP contribution < -0.4 is 5.32 Å². The highest BCUT2D eigenvalue weighted by Crippen LogP contribution is 2.32. The van der Waals surface area contributed by atoms with E-state index in [0.717, 1.165) is 41.3 Å². The largest absolute Gasteiger partial charge is 0.322 e. The Morgan fingerprint density at radius 1 is 1.23 bits per heavy atom. The summed E-state index contributed by atoms with van der Waals surface area (Å²) >= 11 is 3.76. The Morgan fingerprint density at radius 3 is 2.55 bits per heavy atom. The zero-order chi connectivity index (χ0) is 15.5. The Morgan fingerprint density at radius 2 is 1.91 bits per heavy atom. The monoisotopic (exact) mass is 362 g/mol. The topological polar surface area (TPSA) is 33.1 Å². The van der Waals surface area contributed by atoms with Crippen molar-refractivity contribution in [3.05, 3.63) is 40.6 Å². The van der Waals surface area contributed by atoms with Crippen LogP contribution in [0.4, 0.5) is 0 Å². The predicted molar refractivity (Wildman–Crippen MR) is 93.8 cm³/mol. The fraction of sp³-hybridized carbons (Fsp3) is 0.471. The zero-order valence-electron chi connectivity index (χ0n) is 13.2. The van der Waals surface area contributed by atoms with Crippen LogP contribution in [0, 0.1) is 0 Å². The average molecular weight is 363 g/mol. The molecule has 1 atom stereocenters. The lowest BCUT2D eigenvalue weighted by Gasteiger charge is -2.26. The number of hydrogen-bond acceptors (Lipinski definition) is 3. The maximum Gasteiger partial charge on any atom is 0.140 e. The van der Waals surface area contributed by atoms with Crippen molar-refractivity contribution in [3.63, 3.8) is 0 Å². The van der Waals surface area contributed by atoms with Gasteiger partial charge in [0.05, 0.1) is 11.7 Å². The molecule has 0 amide bonds. The lowest BCUT2D eigenvalue weighted by Crippen LogP contribution is -2.33. The van der Waals surface area contributed by atoms with Gasteiger partial charge in [0.2, 0.25) is 0 Å². The van der Waals surface area contributed by atoms with Gasteiger partial charge in [-0.15, -0.1) is 0 Å². The SMILES string of the molecule is CNCC(c1nc(-c2ccccc2)n(C)c1Br)N1CCCC1. The molecule has 1 fully saturated rings. The van der Waals surface area contributed by atoms with Crippen molar-refractivity contribution in [1.29, 1.82) is 0 Å². The number of halogens is 1. The van der Waals surface area contributed by atoms with Crippen LogP contribution in [-0.2, 0) is 7.05 Å². The summed E-state index contributed by atoms with van der Waals surface area (Å²) in [5.74, 6) is 1.02. The van der Waals surface area contributed by atoms with E-state index in [9.17, 15) is 0 Å². The first-order valence-corrected chi connectivity index (χ1v) is 8.68. The molecule has 1 saturated heterocycles. The zero-order valence-corrected chi connectivity index (χ0v) is 14.8. The van der Waals surface area contributed by atoms with Crippen molar-refractivity contribution < 1.29 is 0 Å². The molecule has 0 bridgehead atoms. The van der Waals surface area contributed by atoms with Gasteiger partial charge in [-0.1, -0.05) is 30.3 Å². The Bertz CT molecular complexity index is 617. The number of benzene rings is 1. The molecule has 2 heterocycles. The summed E-state index contributed by atoms with van der Waals surface area (Å²) in [6.45, 7) is 3.25. The first-order valence-electron chi connectivity index (χ1n) is 7.88. The molecule has 0 saturated carbocycles. The van der Waals surface area contributed by atoms with Crippen LogP contribution in [-0.4, -0.2) is 41.1 Å². The summed E-state index contributed by atoms with van der Waals surface area (Å²) in [6.07, 6.45) is 2.58. The standard InChI is InChI=1S/C17H23BrN4/c1-19-12-14(22-10-6-7-11-22)15-16(18)21(2)17(20-15)13-8-4-3-5-9-13/h3-5,8-9,14,19H,6-7,10-12H2,1-2H3. The van der Waals surface area contributed by atoms with Crippen LogP contribution in [0.5, 0.6) is 0 Å². The minimum atomic E-state index is 0.325. The Labute approximate surface area is 140 Å². The molecule has 0 aliphatic carbocycles. The molecule has 5 heteroatoms. The van der Waals surface area contributed by atoms with E-state index >= 15 is 0 Å². The van der Waals surface area contributed by atoms with Crippen molar-refractivity contribution in [2.24, 2.45) is 7.05 Å². The average Bonchev–Trinajstić information content (AvgIpc) is 3.17. The number of likely N-dealkylation sites (tertiary alicyclic amines) is 1. The van der Waals surface area contributed by atoms with E-state index in [4.69, 9.17) is 4.98 Å². The number of nitrogens with one attached hydrogen (secondary N) is 1. The molecular weight excluding hydrogens is 340 g/mol. The van der Waals surface area contributed by atoms with Crippen LogP contribution in [0.15, 0.2) is 34.9 Å². The van der Waals surface area contributed by atoms with Crippen LogP contribution in [0.3, 0.4) is 0 Å². The highest BCUT2D eigenvalue weighted by atomic mass is 79.9. The normalized spacial score (nSPS) is 17.0. The first-order chi connectivity index (χ1) is 10.7. The smallest absolute Gasteiger partial charge is 0.140 e. The molecule has 3 rings (SSSR count). The van der Waals surface area contributed by atoms with E-state index in [-0.39, 0.29) is 0 Å². The predicted octanol–water partition coefficient (Wildman–Crippen LogP) is 3.21. The van der Waals surface area contributed by atoms with Gasteiger partial charge >= 0.3 is 0 Å². The third kappa shape index (κ3) is 2.98. The Balaban J connectivity index is 1.99. The molecule has 1 aromatic carbocycles. The molecule has 2 aromatic rings. The van der Waals surface area contributed by atoms with Gasteiger partial charge < -0.3 is 9.88 Å². The van der Waals surface area contributed by atoms with E-state index < -0.39 is 0 Å². The molecule has 0 radical (unpaired) electrons. The Kier molecular flexibility index (Phi) is 4.96. The van der Waals surface area contributed by atoms with Gasteiger partial charge in [0.25, 0.3) is 0 Å². The maximum atomic E-state index is 4.98. The number of nitrogens with zero attached hydrogens (tertiary/aromatic N) is 3. The molecular formula is C17H23BrN4. The molecule has 118 valence electrons. The maximum absolute atomic E-state index is 4.98. The van der Waals surface area contributed by atoms with Gasteiger partial charge in [0.1, 0.15) is 10.4 Å². The van der Waals surface area contributed by atoms with Crippen LogP contribution in [0.2, 0.25) is 0 Å². The second-order valence-electron chi connectivity index (χ2n) is 5.85. The van der Waals surface area contributed by atoms with Crippen molar-refractivity contribution in [1.82, 2.24) is 19.8 Å². The second kappa shape index (κ2) is 6.94. The summed E-state index contributed by atoms with van der Waals surface area (Å²) in [7, 11) is 4.08. The molecule has 1 aliphatic rings. The molecule has 1 unspecified atom stereocenters. The summed E-state index contributed by atoms with van der Waals surface area (Å²) in [4.78, 5) is 7.52. The van der Waals surface area contributed by atoms with Gasteiger partial charge in [0.15, 0.2) is 0 Å². The van der Waals surface area contributed by atoms with E-state index in [1.807, 2.05) is 13.1 Å². The van der Waals surface area contributed by atoms with Crippen molar-refractivity contribution in [2.45, 2.75) is 18.9 Å².